The van der Waals surface area contributed by atoms with E-state index >= 15 is 17.6 Å². The summed E-state index contributed by atoms with van der Waals surface area (Å²) >= 11 is 0. The zero-order valence-electron chi connectivity index (χ0n) is 41.7. The van der Waals surface area contributed by atoms with Crippen molar-refractivity contribution in [2.75, 3.05) is 13.2 Å². The monoisotopic (exact) mass is 1000 g/mol. The Balaban J connectivity index is 0.979. The summed E-state index contributed by atoms with van der Waals surface area (Å²) < 4.78 is 127. The van der Waals surface area contributed by atoms with Gasteiger partial charge < -0.3 is 27.8 Å². The molecule has 0 aliphatic heterocycles. The maximum atomic E-state index is 15.7. The molecule has 2 heterocycles. The highest BCUT2D eigenvalue weighted by Crippen LogP contribution is 2.73. The van der Waals surface area contributed by atoms with E-state index in [2.05, 4.69) is 36.5 Å². The highest BCUT2D eigenvalue weighted by Gasteiger charge is 2.76. The zero-order valence-corrected chi connectivity index (χ0v) is 41.7. The first kappa shape index (κ1) is 51.2. The Bertz CT molecular complexity index is 3190. The summed E-state index contributed by atoms with van der Waals surface area (Å²) in [6.45, 7) is 13.0. The minimum Gasteiger partial charge on any atom is -0.487 e. The fourth-order valence-electron chi connectivity index (χ4n) is 13.1. The quantitative estimate of drug-likeness (QED) is 0.0416. The maximum absolute atomic E-state index is 15.7. The van der Waals surface area contributed by atoms with Gasteiger partial charge in [-0.05, 0) is 125 Å². The van der Waals surface area contributed by atoms with Crippen LogP contribution in [-0.4, -0.2) is 60.4 Å². The largest absolute Gasteiger partial charge is 0.487 e. The van der Waals surface area contributed by atoms with E-state index in [1.165, 1.54) is 0 Å². The van der Waals surface area contributed by atoms with Crippen LogP contribution in [0.15, 0.2) is 109 Å². The summed E-state index contributed by atoms with van der Waals surface area (Å²) in [4.78, 5) is 38.7. The van der Waals surface area contributed by atoms with E-state index in [0.29, 0.717) is 46.9 Å². The SMILES string of the molecule is C=C(C)C(=O)OCC(F)(F)C(F)(F)C(F)(F)COC1C(C)(CC(C)(C)OC2C=c3oc(=O)c([C@]45C=C4C=CC5CC)cc3=CC2)C2CC(C)(Oc3ccc4cc(-c5ccccc5CC)c(=O)oc4c3)CC21C. The molecule has 5 aliphatic carbocycles. The number of ether oxygens (including phenoxy) is 4. The van der Waals surface area contributed by atoms with Crippen molar-refractivity contribution in [1.82, 2.24) is 0 Å². The lowest BCUT2D eigenvalue weighted by molar-refractivity contribution is -0.344. The topological polar surface area (TPSA) is 114 Å². The lowest BCUT2D eigenvalue weighted by Gasteiger charge is -2.65. The van der Waals surface area contributed by atoms with Crippen LogP contribution in [-0.2, 0) is 30.8 Å². The molecule has 9 nitrogen and oxygen atoms in total. The van der Waals surface area contributed by atoms with Gasteiger partial charge in [0.1, 0.15) is 29.0 Å². The van der Waals surface area contributed by atoms with E-state index in [0.717, 1.165) is 35.3 Å². The number of hydrogen-bond acceptors (Lipinski definition) is 9. The van der Waals surface area contributed by atoms with Crippen molar-refractivity contribution in [2.45, 2.75) is 141 Å². The Morgan fingerprint density at radius 2 is 1.62 bits per heavy atom. The summed E-state index contributed by atoms with van der Waals surface area (Å²) in [6, 6.07) is 16.3. The number of alkyl halides is 6. The van der Waals surface area contributed by atoms with Gasteiger partial charge in [-0.15, -0.1) is 0 Å². The second-order valence-corrected chi connectivity index (χ2v) is 22.0. The van der Waals surface area contributed by atoms with Gasteiger partial charge in [-0.25, -0.2) is 14.4 Å². The number of fused-ring (bicyclic) bond motifs is 4. The predicted molar refractivity (Wildman–Crippen MR) is 260 cm³/mol. The number of esters is 1. The molecule has 9 rings (SSSR count). The van der Waals surface area contributed by atoms with Crippen molar-refractivity contribution in [3.05, 3.63) is 133 Å². The van der Waals surface area contributed by atoms with Gasteiger partial charge in [0.15, 0.2) is 6.61 Å². The lowest BCUT2D eigenvalue weighted by atomic mass is 9.43. The molecule has 0 spiro atoms. The number of benzene rings is 2. The zero-order chi connectivity index (χ0) is 52.2. The van der Waals surface area contributed by atoms with E-state index in [1.54, 1.807) is 58.0 Å². The van der Waals surface area contributed by atoms with Gasteiger partial charge in [0, 0.05) is 33.1 Å². The molecule has 0 saturated heterocycles. The van der Waals surface area contributed by atoms with Gasteiger partial charge in [0.2, 0.25) is 0 Å². The minimum atomic E-state index is -6.00. The van der Waals surface area contributed by atoms with Crippen LogP contribution in [0.25, 0.3) is 34.2 Å². The third kappa shape index (κ3) is 8.49. The van der Waals surface area contributed by atoms with E-state index in [-0.39, 0.29) is 35.8 Å². The summed E-state index contributed by atoms with van der Waals surface area (Å²) in [5, 5.41) is 1.41. The molecule has 0 N–H and O–H groups in total. The Morgan fingerprint density at radius 1 is 0.903 bits per heavy atom. The molecule has 15 heteroatoms. The van der Waals surface area contributed by atoms with Gasteiger partial charge in [0.25, 0.3) is 0 Å². The molecule has 5 aliphatic rings. The smallest absolute Gasteiger partial charge is 0.377 e. The first-order valence-corrected chi connectivity index (χ1v) is 24.5. The molecule has 7 unspecified atom stereocenters. The number of allylic oxidation sites excluding steroid dienone is 4. The van der Waals surface area contributed by atoms with Crippen molar-refractivity contribution in [3.8, 4) is 16.9 Å². The van der Waals surface area contributed by atoms with Gasteiger partial charge in [-0.3, -0.25) is 0 Å². The third-order valence-corrected chi connectivity index (χ3v) is 16.0. The fourth-order valence-corrected chi connectivity index (χ4v) is 13.1. The van der Waals surface area contributed by atoms with Gasteiger partial charge in [-0.1, -0.05) is 82.8 Å². The number of hydrogen-bond donors (Lipinski definition) is 0. The van der Waals surface area contributed by atoms with Crippen molar-refractivity contribution in [1.29, 1.82) is 0 Å². The van der Waals surface area contributed by atoms with Crippen LogP contribution in [0.3, 0.4) is 0 Å². The van der Waals surface area contributed by atoms with Crippen molar-refractivity contribution in [3.63, 3.8) is 0 Å². The molecule has 384 valence electrons. The molecule has 0 bridgehead atoms. The molecule has 2 aromatic carbocycles. The number of halogens is 6. The number of carbonyl (C=O) groups excluding carboxylic acids is 1. The van der Waals surface area contributed by atoms with Crippen LogP contribution in [0, 0.1) is 22.7 Å². The van der Waals surface area contributed by atoms with Crippen molar-refractivity contribution in [2.24, 2.45) is 22.7 Å². The highest BCUT2D eigenvalue weighted by atomic mass is 19.3. The first-order chi connectivity index (χ1) is 33.6. The molecule has 0 amide bonds. The van der Waals surface area contributed by atoms with E-state index in [1.807, 2.05) is 50.3 Å². The molecule has 2 fully saturated rings. The van der Waals surface area contributed by atoms with Gasteiger partial charge >= 0.3 is 35.0 Å². The van der Waals surface area contributed by atoms with Gasteiger partial charge in [-0.2, -0.15) is 26.3 Å². The van der Waals surface area contributed by atoms with Crippen LogP contribution >= 0.6 is 0 Å². The van der Waals surface area contributed by atoms with Crippen molar-refractivity contribution >= 4 is 29.1 Å². The summed E-state index contributed by atoms with van der Waals surface area (Å²) in [5.74, 6) is -18.2. The Morgan fingerprint density at radius 3 is 2.32 bits per heavy atom. The number of rotatable bonds is 18. The number of aryl methyl sites for hydroxylation is 1. The summed E-state index contributed by atoms with van der Waals surface area (Å²) in [6.07, 6.45) is 10.8. The molecule has 4 aromatic rings. The van der Waals surface area contributed by atoms with E-state index < -0.39 is 87.9 Å². The average Bonchev–Trinajstić information content (AvgIpc) is 3.83. The third-order valence-electron chi connectivity index (χ3n) is 16.0. The lowest BCUT2D eigenvalue weighted by Crippen LogP contribution is -2.67. The van der Waals surface area contributed by atoms with E-state index in [9.17, 15) is 23.2 Å². The first-order valence-electron chi connectivity index (χ1n) is 24.5. The molecule has 72 heavy (non-hydrogen) atoms. The average molecular weight is 1000 g/mol. The molecular weight excluding hydrogens is 943 g/mol. The molecular formula is C57H60F6O9. The van der Waals surface area contributed by atoms with Crippen LogP contribution in [0.4, 0.5) is 26.3 Å². The summed E-state index contributed by atoms with van der Waals surface area (Å²) in [7, 11) is 0. The maximum Gasteiger partial charge on any atom is 0.377 e. The minimum absolute atomic E-state index is 0.128. The van der Waals surface area contributed by atoms with Crippen LogP contribution in [0.5, 0.6) is 5.75 Å². The van der Waals surface area contributed by atoms with Gasteiger partial charge in [0.05, 0.1) is 34.4 Å². The van der Waals surface area contributed by atoms with Crippen LogP contribution in [0.1, 0.15) is 98.6 Å². The second kappa shape index (κ2) is 17.5. The van der Waals surface area contributed by atoms with Crippen LogP contribution in [0.2, 0.25) is 0 Å². The number of carbonyl (C=O) groups is 1. The molecule has 8 atom stereocenters. The predicted octanol–water partition coefficient (Wildman–Crippen LogP) is 11.0. The van der Waals surface area contributed by atoms with Crippen molar-refractivity contribution < 1.29 is 58.9 Å². The van der Waals surface area contributed by atoms with E-state index in [4.69, 9.17) is 23.0 Å². The highest BCUT2D eigenvalue weighted by molar-refractivity contribution is 5.87. The molecule has 2 aromatic heterocycles. The van der Waals surface area contributed by atoms with Crippen LogP contribution < -0.4 is 26.6 Å². The second-order valence-electron chi connectivity index (χ2n) is 22.0. The normalized spacial score (nSPS) is 28.5. The summed E-state index contributed by atoms with van der Waals surface area (Å²) in [5.41, 5.74) is -1.50. The Kier molecular flexibility index (Phi) is 12.4. The Hall–Kier alpha value is -5.67. The molecule has 0 radical (unpaired) electrons. The molecule has 2 saturated carbocycles. The standard InChI is InChI=1S/C57H60F6O9/c1-10-33-14-12-13-15-40(33)41-22-34-16-21-39(25-43(34)69-47(41)65)72-51(7)27-45-52(8,49(53(45,9)29-51)68-31-56(60,61)57(62,63)55(58,59)30-67-46(64)32(3)4)28-50(5,6)71-38-20-17-35-23-42(48(66)70-44(35)24-38)54-26-37(54)19-18-36(54)11-2/h12-19,21-26,36,38,45,49H,3,10-11,20,27-31H2,1-2,4-9H3/t36?,38?,45?,49?,51?,52?,53?,54-/m0/s1. The fraction of sp³-hybridized carbons (Fsp3) is 0.491. The Labute approximate surface area is 413 Å².